The van der Waals surface area contributed by atoms with Crippen molar-refractivity contribution in [2.45, 2.75) is 38.6 Å². The van der Waals surface area contributed by atoms with Gasteiger partial charge in [0, 0.05) is 5.54 Å². The van der Waals surface area contributed by atoms with E-state index in [-0.39, 0.29) is 5.54 Å². The second kappa shape index (κ2) is 4.10. The Kier molecular flexibility index (Phi) is 2.94. The summed E-state index contributed by atoms with van der Waals surface area (Å²) in [5.41, 5.74) is 8.92. The molecule has 0 radical (unpaired) electrons. The van der Waals surface area contributed by atoms with Gasteiger partial charge in [0.25, 0.3) is 0 Å². The molecule has 2 rings (SSSR count). The minimum absolute atomic E-state index is 0.0826. The van der Waals surface area contributed by atoms with Crippen molar-refractivity contribution in [2.24, 2.45) is 11.7 Å². The van der Waals surface area contributed by atoms with Gasteiger partial charge in [-0.05, 0) is 56.2 Å². The standard InChI is InChI=1S/C14H21NO/c1-14(2,15)11-7-8-12-10(9-11)5-4-6-13(12)16-3/h4-6,11H,7-9,15H2,1-3H3. The van der Waals surface area contributed by atoms with Gasteiger partial charge in [0.2, 0.25) is 0 Å². The molecule has 1 unspecified atom stereocenters. The maximum absolute atomic E-state index is 6.21. The van der Waals surface area contributed by atoms with Gasteiger partial charge in [-0.15, -0.1) is 0 Å². The molecule has 88 valence electrons. The second-order valence-electron chi connectivity index (χ2n) is 5.36. The molecule has 1 aromatic carbocycles. The molecule has 0 aliphatic heterocycles. The summed E-state index contributed by atoms with van der Waals surface area (Å²) in [4.78, 5) is 0. The van der Waals surface area contributed by atoms with Gasteiger partial charge in [0.05, 0.1) is 7.11 Å². The molecular weight excluding hydrogens is 198 g/mol. The molecular formula is C14H21NO. The molecule has 1 aliphatic carbocycles. The average Bonchev–Trinajstić information content (AvgIpc) is 2.26. The number of rotatable bonds is 2. The molecule has 0 saturated heterocycles. The molecule has 0 amide bonds. The van der Waals surface area contributed by atoms with Gasteiger partial charge < -0.3 is 10.5 Å². The smallest absolute Gasteiger partial charge is 0.122 e. The Bertz CT molecular complexity index is 379. The van der Waals surface area contributed by atoms with E-state index >= 15 is 0 Å². The third kappa shape index (κ3) is 2.07. The quantitative estimate of drug-likeness (QED) is 0.829. The van der Waals surface area contributed by atoms with Crippen LogP contribution < -0.4 is 10.5 Å². The van der Waals surface area contributed by atoms with Crippen LogP contribution in [-0.2, 0) is 12.8 Å². The van der Waals surface area contributed by atoms with Crippen LogP contribution in [0.1, 0.15) is 31.4 Å². The van der Waals surface area contributed by atoms with Crippen molar-refractivity contribution in [2.75, 3.05) is 7.11 Å². The monoisotopic (exact) mass is 219 g/mol. The first kappa shape index (κ1) is 11.5. The molecule has 1 aliphatic rings. The Labute approximate surface area is 97.8 Å². The zero-order valence-corrected chi connectivity index (χ0v) is 10.4. The molecule has 2 nitrogen and oxygen atoms in total. The van der Waals surface area contributed by atoms with Crippen LogP contribution in [0.25, 0.3) is 0 Å². The number of hydrogen-bond acceptors (Lipinski definition) is 2. The highest BCUT2D eigenvalue weighted by molar-refractivity contribution is 5.42. The summed E-state index contributed by atoms with van der Waals surface area (Å²) in [5, 5.41) is 0. The molecule has 1 atom stereocenters. The number of nitrogens with two attached hydrogens (primary N) is 1. The highest BCUT2D eigenvalue weighted by atomic mass is 16.5. The maximum atomic E-state index is 6.21. The normalized spacial score (nSPS) is 20.4. The van der Waals surface area contributed by atoms with Crippen molar-refractivity contribution in [1.29, 1.82) is 0 Å². The average molecular weight is 219 g/mol. The van der Waals surface area contributed by atoms with Gasteiger partial charge in [-0.1, -0.05) is 12.1 Å². The van der Waals surface area contributed by atoms with Gasteiger partial charge in [0.1, 0.15) is 5.75 Å². The van der Waals surface area contributed by atoms with Crippen molar-refractivity contribution < 1.29 is 4.74 Å². The van der Waals surface area contributed by atoms with E-state index in [4.69, 9.17) is 10.5 Å². The summed E-state index contributed by atoms with van der Waals surface area (Å²) >= 11 is 0. The molecule has 2 heteroatoms. The highest BCUT2D eigenvalue weighted by Gasteiger charge is 2.29. The molecule has 0 saturated carbocycles. The molecule has 0 aromatic heterocycles. The van der Waals surface area contributed by atoms with E-state index < -0.39 is 0 Å². The van der Waals surface area contributed by atoms with Crippen LogP contribution in [0.4, 0.5) is 0 Å². The summed E-state index contributed by atoms with van der Waals surface area (Å²) in [5.74, 6) is 1.61. The summed E-state index contributed by atoms with van der Waals surface area (Å²) in [6, 6.07) is 6.33. The Morgan fingerprint density at radius 1 is 1.38 bits per heavy atom. The topological polar surface area (TPSA) is 35.2 Å². The van der Waals surface area contributed by atoms with E-state index in [1.165, 1.54) is 11.1 Å². The maximum Gasteiger partial charge on any atom is 0.122 e. The van der Waals surface area contributed by atoms with E-state index in [2.05, 4.69) is 26.0 Å². The third-order valence-corrected chi connectivity index (χ3v) is 3.71. The van der Waals surface area contributed by atoms with Crippen molar-refractivity contribution in [1.82, 2.24) is 0 Å². The lowest BCUT2D eigenvalue weighted by atomic mass is 9.74. The van der Waals surface area contributed by atoms with Crippen molar-refractivity contribution in [3.05, 3.63) is 29.3 Å². The number of fused-ring (bicyclic) bond motifs is 1. The third-order valence-electron chi connectivity index (χ3n) is 3.71. The van der Waals surface area contributed by atoms with Crippen LogP contribution in [0.5, 0.6) is 5.75 Å². The van der Waals surface area contributed by atoms with Crippen LogP contribution in [0, 0.1) is 5.92 Å². The Hall–Kier alpha value is -1.02. The van der Waals surface area contributed by atoms with Crippen LogP contribution in [0.2, 0.25) is 0 Å². The molecule has 0 spiro atoms. The zero-order chi connectivity index (χ0) is 11.8. The fourth-order valence-corrected chi connectivity index (χ4v) is 2.60. The summed E-state index contributed by atoms with van der Waals surface area (Å²) in [7, 11) is 1.74. The predicted molar refractivity (Wildman–Crippen MR) is 66.8 cm³/mol. The molecule has 16 heavy (non-hydrogen) atoms. The number of hydrogen-bond donors (Lipinski definition) is 1. The number of methoxy groups -OCH3 is 1. The molecule has 0 heterocycles. The predicted octanol–water partition coefficient (Wildman–Crippen LogP) is 2.54. The molecule has 2 N–H and O–H groups in total. The van der Waals surface area contributed by atoms with E-state index in [1.807, 2.05) is 6.07 Å². The van der Waals surface area contributed by atoms with E-state index in [9.17, 15) is 0 Å². The Morgan fingerprint density at radius 2 is 2.12 bits per heavy atom. The molecule has 0 fully saturated rings. The number of ether oxygens (including phenoxy) is 1. The summed E-state index contributed by atoms with van der Waals surface area (Å²) < 4.78 is 5.40. The minimum Gasteiger partial charge on any atom is -0.496 e. The van der Waals surface area contributed by atoms with Gasteiger partial charge >= 0.3 is 0 Å². The van der Waals surface area contributed by atoms with Crippen molar-refractivity contribution >= 4 is 0 Å². The Balaban J connectivity index is 2.28. The van der Waals surface area contributed by atoms with E-state index in [1.54, 1.807) is 7.11 Å². The van der Waals surface area contributed by atoms with Crippen LogP contribution in [-0.4, -0.2) is 12.6 Å². The molecule has 0 bridgehead atoms. The van der Waals surface area contributed by atoms with Crippen LogP contribution in [0.3, 0.4) is 0 Å². The minimum atomic E-state index is -0.0826. The zero-order valence-electron chi connectivity index (χ0n) is 10.4. The van der Waals surface area contributed by atoms with Crippen molar-refractivity contribution in [3.63, 3.8) is 0 Å². The van der Waals surface area contributed by atoms with Crippen LogP contribution >= 0.6 is 0 Å². The second-order valence-corrected chi connectivity index (χ2v) is 5.36. The van der Waals surface area contributed by atoms with E-state index in [0.29, 0.717) is 5.92 Å². The summed E-state index contributed by atoms with van der Waals surface area (Å²) in [6.45, 7) is 4.26. The van der Waals surface area contributed by atoms with Crippen molar-refractivity contribution in [3.8, 4) is 5.75 Å². The lowest BCUT2D eigenvalue weighted by molar-refractivity contribution is 0.285. The first-order valence-electron chi connectivity index (χ1n) is 5.96. The van der Waals surface area contributed by atoms with E-state index in [0.717, 1.165) is 25.0 Å². The van der Waals surface area contributed by atoms with Gasteiger partial charge in [0.15, 0.2) is 0 Å². The lowest BCUT2D eigenvalue weighted by Gasteiger charge is -2.35. The summed E-state index contributed by atoms with van der Waals surface area (Å²) in [6.07, 6.45) is 3.33. The fourth-order valence-electron chi connectivity index (χ4n) is 2.60. The van der Waals surface area contributed by atoms with Crippen LogP contribution in [0.15, 0.2) is 18.2 Å². The highest BCUT2D eigenvalue weighted by Crippen LogP contribution is 2.35. The fraction of sp³-hybridized carbons (Fsp3) is 0.571. The van der Waals surface area contributed by atoms with Gasteiger partial charge in [-0.25, -0.2) is 0 Å². The largest absolute Gasteiger partial charge is 0.496 e. The number of benzene rings is 1. The SMILES string of the molecule is COc1cccc2c1CCC(C(C)(C)N)C2. The molecule has 1 aromatic rings. The first-order valence-corrected chi connectivity index (χ1v) is 5.96. The first-order chi connectivity index (χ1) is 7.52. The Morgan fingerprint density at radius 3 is 2.75 bits per heavy atom. The van der Waals surface area contributed by atoms with Gasteiger partial charge in [-0.2, -0.15) is 0 Å². The lowest BCUT2D eigenvalue weighted by Crippen LogP contribution is -2.43. The van der Waals surface area contributed by atoms with Gasteiger partial charge in [-0.3, -0.25) is 0 Å².